The maximum Gasteiger partial charge on any atom is 0.0264 e. The number of benzene rings is 4. The molecular formula is C24H18I2. The molecule has 0 aromatic heterocycles. The first-order valence-electron chi connectivity index (χ1n) is 8.62. The van der Waals surface area contributed by atoms with Crippen molar-refractivity contribution in [2.75, 3.05) is 0 Å². The first-order chi connectivity index (χ1) is 12.7. The van der Waals surface area contributed by atoms with Crippen molar-refractivity contribution in [2.24, 2.45) is 0 Å². The number of fused-ring (bicyclic) bond motifs is 1. The summed E-state index contributed by atoms with van der Waals surface area (Å²) in [7, 11) is 0. The summed E-state index contributed by atoms with van der Waals surface area (Å²) >= 11 is 5.05. The molecule has 4 rings (SSSR count). The molecule has 0 radical (unpaired) electrons. The van der Waals surface area contributed by atoms with Crippen LogP contribution < -0.4 is 0 Å². The van der Waals surface area contributed by atoms with Crippen molar-refractivity contribution in [3.05, 3.63) is 93.6 Å². The van der Waals surface area contributed by atoms with Gasteiger partial charge in [-0.05, 0) is 62.5 Å². The number of hydrogen-bond donors (Lipinski definition) is 0. The van der Waals surface area contributed by atoms with Gasteiger partial charge in [0.25, 0.3) is 0 Å². The van der Waals surface area contributed by atoms with Gasteiger partial charge in [-0.2, -0.15) is 0 Å². The lowest BCUT2D eigenvalue weighted by Gasteiger charge is -2.19. The Morgan fingerprint density at radius 2 is 1.19 bits per heavy atom. The molecule has 0 aliphatic carbocycles. The van der Waals surface area contributed by atoms with Crippen LogP contribution in [0.4, 0.5) is 0 Å². The first kappa shape index (κ1) is 18.0. The third-order valence-electron chi connectivity index (χ3n) is 4.79. The van der Waals surface area contributed by atoms with Gasteiger partial charge in [0.15, 0.2) is 0 Å². The standard InChI is InChI=1S/C24H18I2/c1-16-11-13-18(14-12-16)22-19-9-5-6-10-20(19)23(24(26)21(22)15-25)17-7-3-2-4-8-17/h2-14H,15H2,1H3. The zero-order valence-electron chi connectivity index (χ0n) is 14.5. The molecule has 4 aromatic rings. The van der Waals surface area contributed by atoms with Gasteiger partial charge in [-0.15, -0.1) is 0 Å². The monoisotopic (exact) mass is 560 g/mol. The zero-order chi connectivity index (χ0) is 18.1. The zero-order valence-corrected chi connectivity index (χ0v) is 18.8. The Morgan fingerprint density at radius 1 is 0.654 bits per heavy atom. The molecule has 0 unspecified atom stereocenters. The van der Waals surface area contributed by atoms with Crippen LogP contribution in [0.2, 0.25) is 0 Å². The number of alkyl halides is 1. The van der Waals surface area contributed by atoms with Crippen LogP contribution in [0.3, 0.4) is 0 Å². The molecule has 0 heterocycles. The average Bonchev–Trinajstić information content (AvgIpc) is 2.68. The summed E-state index contributed by atoms with van der Waals surface area (Å²) in [6.07, 6.45) is 0. The Hall–Kier alpha value is -1.40. The van der Waals surface area contributed by atoms with Crippen LogP contribution in [0, 0.1) is 10.5 Å². The lowest BCUT2D eigenvalue weighted by atomic mass is 9.88. The summed E-state index contributed by atoms with van der Waals surface area (Å²) in [5.74, 6) is 0. The molecule has 0 saturated carbocycles. The maximum absolute atomic E-state index is 2.55. The highest BCUT2D eigenvalue weighted by Gasteiger charge is 2.19. The van der Waals surface area contributed by atoms with E-state index in [1.54, 1.807) is 0 Å². The number of hydrogen-bond acceptors (Lipinski definition) is 0. The third kappa shape index (κ3) is 3.18. The number of halogens is 2. The van der Waals surface area contributed by atoms with E-state index in [4.69, 9.17) is 0 Å². The predicted molar refractivity (Wildman–Crippen MR) is 130 cm³/mol. The molecule has 0 nitrogen and oxygen atoms in total. The van der Waals surface area contributed by atoms with E-state index >= 15 is 0 Å². The molecule has 2 heteroatoms. The largest absolute Gasteiger partial charge is 0.0811 e. The smallest absolute Gasteiger partial charge is 0.0264 e. The SMILES string of the molecule is Cc1ccc(-c2c(CI)c(I)c(-c3ccccc3)c3ccccc23)cc1. The second-order valence-electron chi connectivity index (χ2n) is 6.45. The molecular weight excluding hydrogens is 542 g/mol. The fraction of sp³-hybridized carbons (Fsp3) is 0.0833. The Kier molecular flexibility index (Phi) is 5.32. The number of rotatable bonds is 3. The molecule has 0 fully saturated rings. The Morgan fingerprint density at radius 3 is 1.81 bits per heavy atom. The van der Waals surface area contributed by atoms with Crippen molar-refractivity contribution in [2.45, 2.75) is 11.4 Å². The van der Waals surface area contributed by atoms with Crippen LogP contribution in [-0.2, 0) is 4.43 Å². The van der Waals surface area contributed by atoms with Crippen LogP contribution >= 0.6 is 45.2 Å². The summed E-state index contributed by atoms with van der Waals surface area (Å²) in [6, 6.07) is 28.5. The van der Waals surface area contributed by atoms with E-state index in [-0.39, 0.29) is 0 Å². The van der Waals surface area contributed by atoms with Gasteiger partial charge in [-0.3, -0.25) is 0 Å². The lowest BCUT2D eigenvalue weighted by molar-refractivity contribution is 1.41. The normalized spacial score (nSPS) is 11.0. The van der Waals surface area contributed by atoms with Crippen LogP contribution in [0.25, 0.3) is 33.0 Å². The minimum absolute atomic E-state index is 0.990. The third-order valence-corrected chi connectivity index (χ3v) is 6.74. The van der Waals surface area contributed by atoms with E-state index < -0.39 is 0 Å². The Labute approximate surface area is 181 Å². The van der Waals surface area contributed by atoms with Gasteiger partial charge in [-0.25, -0.2) is 0 Å². The quantitative estimate of drug-likeness (QED) is 0.176. The Bertz CT molecular complexity index is 1060. The molecule has 0 aliphatic heterocycles. The topological polar surface area (TPSA) is 0 Å². The van der Waals surface area contributed by atoms with E-state index in [0.717, 1.165) is 4.43 Å². The fourth-order valence-electron chi connectivity index (χ4n) is 3.52. The summed E-state index contributed by atoms with van der Waals surface area (Å²) in [4.78, 5) is 0. The highest BCUT2D eigenvalue weighted by molar-refractivity contribution is 14.1. The molecule has 26 heavy (non-hydrogen) atoms. The van der Waals surface area contributed by atoms with Crippen molar-refractivity contribution in [3.63, 3.8) is 0 Å². The van der Waals surface area contributed by atoms with Crippen molar-refractivity contribution in [1.82, 2.24) is 0 Å². The van der Waals surface area contributed by atoms with Gasteiger partial charge in [0, 0.05) is 13.6 Å². The molecule has 0 amide bonds. The molecule has 0 aliphatic rings. The molecule has 4 aromatic carbocycles. The number of aryl methyl sites for hydroxylation is 1. The van der Waals surface area contributed by atoms with Gasteiger partial charge >= 0.3 is 0 Å². The van der Waals surface area contributed by atoms with E-state index in [1.807, 2.05) is 0 Å². The summed E-state index contributed by atoms with van der Waals surface area (Å²) in [5, 5.41) is 2.66. The van der Waals surface area contributed by atoms with Crippen molar-refractivity contribution < 1.29 is 0 Å². The summed E-state index contributed by atoms with van der Waals surface area (Å²) in [6.45, 7) is 2.14. The van der Waals surface area contributed by atoms with E-state index in [2.05, 4.69) is 131 Å². The average molecular weight is 560 g/mol. The van der Waals surface area contributed by atoms with Crippen molar-refractivity contribution in [1.29, 1.82) is 0 Å². The van der Waals surface area contributed by atoms with Crippen LogP contribution in [0.5, 0.6) is 0 Å². The van der Waals surface area contributed by atoms with Gasteiger partial charge in [0.05, 0.1) is 0 Å². The molecule has 0 atom stereocenters. The molecule has 0 bridgehead atoms. The van der Waals surface area contributed by atoms with Crippen molar-refractivity contribution in [3.8, 4) is 22.3 Å². The van der Waals surface area contributed by atoms with Crippen LogP contribution in [0.1, 0.15) is 11.1 Å². The molecule has 0 spiro atoms. The van der Waals surface area contributed by atoms with Crippen LogP contribution in [0.15, 0.2) is 78.9 Å². The first-order valence-corrected chi connectivity index (χ1v) is 11.2. The van der Waals surface area contributed by atoms with E-state index in [0.29, 0.717) is 0 Å². The van der Waals surface area contributed by atoms with E-state index in [9.17, 15) is 0 Å². The predicted octanol–water partition coefficient (Wildman–Crippen LogP) is 8.02. The summed E-state index contributed by atoms with van der Waals surface area (Å²) in [5.41, 5.74) is 8.03. The van der Waals surface area contributed by atoms with E-state index in [1.165, 1.54) is 47.7 Å². The second kappa shape index (κ2) is 7.69. The van der Waals surface area contributed by atoms with Crippen LogP contribution in [-0.4, -0.2) is 0 Å². The fourth-order valence-corrected chi connectivity index (χ4v) is 6.08. The van der Waals surface area contributed by atoms with Gasteiger partial charge in [-0.1, -0.05) is 107 Å². The van der Waals surface area contributed by atoms with Gasteiger partial charge < -0.3 is 0 Å². The maximum atomic E-state index is 2.55. The second-order valence-corrected chi connectivity index (χ2v) is 8.30. The van der Waals surface area contributed by atoms with Gasteiger partial charge in [0.2, 0.25) is 0 Å². The van der Waals surface area contributed by atoms with Gasteiger partial charge in [0.1, 0.15) is 0 Å². The highest BCUT2D eigenvalue weighted by Crippen LogP contribution is 2.43. The minimum atomic E-state index is 0.990. The Balaban J connectivity index is 2.13. The highest BCUT2D eigenvalue weighted by atomic mass is 127. The molecule has 128 valence electrons. The minimum Gasteiger partial charge on any atom is -0.0811 e. The lowest BCUT2D eigenvalue weighted by Crippen LogP contribution is -1.97. The van der Waals surface area contributed by atoms with Crippen molar-refractivity contribution >= 4 is 56.0 Å². The summed E-state index contributed by atoms with van der Waals surface area (Å²) < 4.78 is 2.35. The molecule has 0 saturated heterocycles. The molecule has 0 N–H and O–H groups in total.